The van der Waals surface area contributed by atoms with Gasteiger partial charge in [0, 0.05) is 6.04 Å². The molecule has 0 spiro atoms. The lowest BCUT2D eigenvalue weighted by Crippen LogP contribution is -2.52. The average molecular weight is 248 g/mol. The Morgan fingerprint density at radius 1 is 1.50 bits per heavy atom. The smallest absolute Gasteiger partial charge is 0.324 e. The Balaban J connectivity index is 2.25. The van der Waals surface area contributed by atoms with Crippen LogP contribution in [0, 0.1) is 5.92 Å². The van der Waals surface area contributed by atoms with E-state index < -0.39 is 22.2 Å². The van der Waals surface area contributed by atoms with Crippen molar-refractivity contribution >= 4 is 16.2 Å². The van der Waals surface area contributed by atoms with Crippen LogP contribution in [0.3, 0.4) is 0 Å². The van der Waals surface area contributed by atoms with Crippen LogP contribution in [0.25, 0.3) is 0 Å². The second kappa shape index (κ2) is 3.97. The highest BCUT2D eigenvalue weighted by molar-refractivity contribution is 7.86. The van der Waals surface area contributed by atoms with Gasteiger partial charge in [0.2, 0.25) is 0 Å². The summed E-state index contributed by atoms with van der Waals surface area (Å²) in [6, 6.07) is -0.817. The fourth-order valence-electron chi connectivity index (χ4n) is 2.83. The van der Waals surface area contributed by atoms with Gasteiger partial charge in [-0.1, -0.05) is 0 Å². The molecule has 7 heteroatoms. The molecule has 0 aromatic rings. The molecule has 1 heterocycles. The third-order valence-electron chi connectivity index (χ3n) is 3.35. The number of nitrogens with two attached hydrogens (primary N) is 1. The Morgan fingerprint density at radius 3 is 2.75 bits per heavy atom. The van der Waals surface area contributed by atoms with Crippen molar-refractivity contribution in [1.82, 2.24) is 4.31 Å². The molecule has 6 nitrogen and oxygen atoms in total. The zero-order chi connectivity index (χ0) is 11.9. The summed E-state index contributed by atoms with van der Waals surface area (Å²) in [5, 5.41) is 5.14. The number of hydrogen-bond acceptors (Lipinski definition) is 4. The third kappa shape index (κ3) is 1.83. The minimum atomic E-state index is -3.81. The summed E-state index contributed by atoms with van der Waals surface area (Å²) >= 11 is 0. The highest BCUT2D eigenvalue weighted by atomic mass is 32.2. The first-order valence-electron chi connectivity index (χ1n) is 5.43. The summed E-state index contributed by atoms with van der Waals surface area (Å²) in [5.41, 5.74) is 0. The van der Waals surface area contributed by atoms with Gasteiger partial charge in [-0.05, 0) is 32.1 Å². The van der Waals surface area contributed by atoms with Crippen molar-refractivity contribution in [3.05, 3.63) is 0 Å². The number of esters is 1. The van der Waals surface area contributed by atoms with Crippen molar-refractivity contribution in [3.8, 4) is 0 Å². The fraction of sp³-hybridized carbons (Fsp3) is 0.889. The van der Waals surface area contributed by atoms with E-state index in [1.165, 1.54) is 0 Å². The Kier molecular flexibility index (Phi) is 2.93. The van der Waals surface area contributed by atoms with Crippen molar-refractivity contribution in [1.29, 1.82) is 0 Å². The molecule has 2 rings (SSSR count). The van der Waals surface area contributed by atoms with Crippen LogP contribution in [0.5, 0.6) is 0 Å². The van der Waals surface area contributed by atoms with Gasteiger partial charge in [0.25, 0.3) is 10.2 Å². The van der Waals surface area contributed by atoms with E-state index in [0.717, 1.165) is 23.6 Å². The van der Waals surface area contributed by atoms with Gasteiger partial charge in [0.1, 0.15) is 6.04 Å². The van der Waals surface area contributed by atoms with Crippen LogP contribution in [0.4, 0.5) is 0 Å². The Labute approximate surface area is 94.9 Å². The Bertz CT molecular complexity index is 394. The van der Waals surface area contributed by atoms with Crippen molar-refractivity contribution in [2.45, 2.75) is 38.3 Å². The van der Waals surface area contributed by atoms with E-state index >= 15 is 0 Å². The zero-order valence-corrected chi connectivity index (χ0v) is 9.94. The minimum absolute atomic E-state index is 0.0716. The van der Waals surface area contributed by atoms with E-state index in [1.807, 2.05) is 0 Å². The van der Waals surface area contributed by atoms with Crippen molar-refractivity contribution in [3.63, 3.8) is 0 Å². The van der Waals surface area contributed by atoms with Gasteiger partial charge in [0.15, 0.2) is 0 Å². The van der Waals surface area contributed by atoms with Gasteiger partial charge in [-0.2, -0.15) is 12.7 Å². The summed E-state index contributed by atoms with van der Waals surface area (Å²) in [4.78, 5) is 11.7. The molecule has 0 radical (unpaired) electrons. The summed E-state index contributed by atoms with van der Waals surface area (Å²) < 4.78 is 28.9. The van der Waals surface area contributed by atoms with Crippen LogP contribution in [-0.4, -0.2) is 37.4 Å². The predicted molar refractivity (Wildman–Crippen MR) is 56.5 cm³/mol. The minimum Gasteiger partial charge on any atom is -0.465 e. The summed E-state index contributed by atoms with van der Waals surface area (Å²) in [7, 11) is -3.81. The standard InChI is InChI=1S/C9H16N2O4S/c1-2-15-9(12)8-6-3-4-7(5-6)11(8)16(10,13)14/h6-8H,2-5H2,1H3,(H2,10,13,14). The topological polar surface area (TPSA) is 89.7 Å². The maximum Gasteiger partial charge on any atom is 0.324 e. The largest absolute Gasteiger partial charge is 0.465 e. The van der Waals surface area contributed by atoms with E-state index in [9.17, 15) is 13.2 Å². The van der Waals surface area contributed by atoms with Gasteiger partial charge < -0.3 is 4.74 Å². The quantitative estimate of drug-likeness (QED) is 0.688. The van der Waals surface area contributed by atoms with Crippen molar-refractivity contribution < 1.29 is 17.9 Å². The van der Waals surface area contributed by atoms with E-state index in [0.29, 0.717) is 0 Å². The number of rotatable bonds is 3. The molecular weight excluding hydrogens is 232 g/mol. The first kappa shape index (κ1) is 11.8. The number of carbonyl (C=O) groups excluding carboxylic acids is 1. The molecular formula is C9H16N2O4S. The van der Waals surface area contributed by atoms with E-state index in [-0.39, 0.29) is 18.6 Å². The highest BCUT2D eigenvalue weighted by Gasteiger charge is 2.54. The molecule has 1 saturated carbocycles. The van der Waals surface area contributed by atoms with Crippen molar-refractivity contribution in [2.24, 2.45) is 11.1 Å². The molecule has 2 bridgehead atoms. The lowest BCUT2D eigenvalue weighted by atomic mass is 10.0. The maximum absolute atomic E-state index is 11.7. The van der Waals surface area contributed by atoms with E-state index in [2.05, 4.69) is 0 Å². The number of fused-ring (bicyclic) bond motifs is 2. The van der Waals surface area contributed by atoms with E-state index in [4.69, 9.17) is 9.88 Å². The number of carbonyl (C=O) groups is 1. The first-order valence-corrected chi connectivity index (χ1v) is 6.93. The fourth-order valence-corrected chi connectivity index (χ4v) is 4.02. The molecule has 3 unspecified atom stereocenters. The highest BCUT2D eigenvalue weighted by Crippen LogP contribution is 2.43. The predicted octanol–water partition coefficient (Wildman–Crippen LogP) is -0.394. The van der Waals surface area contributed by atoms with Crippen LogP contribution in [0.2, 0.25) is 0 Å². The third-order valence-corrected chi connectivity index (χ3v) is 4.46. The molecule has 92 valence electrons. The van der Waals surface area contributed by atoms with Crippen molar-refractivity contribution in [2.75, 3.05) is 6.61 Å². The van der Waals surface area contributed by atoms with Gasteiger partial charge >= 0.3 is 5.97 Å². The molecule has 0 aromatic carbocycles. The average Bonchev–Trinajstić information content (AvgIpc) is 2.74. The van der Waals surface area contributed by atoms with Gasteiger partial charge in [0.05, 0.1) is 6.61 Å². The van der Waals surface area contributed by atoms with Crippen LogP contribution in [-0.2, 0) is 19.7 Å². The van der Waals surface area contributed by atoms with Crippen LogP contribution < -0.4 is 5.14 Å². The van der Waals surface area contributed by atoms with Crippen LogP contribution >= 0.6 is 0 Å². The Hall–Kier alpha value is -0.660. The second-order valence-corrected chi connectivity index (χ2v) is 5.75. The van der Waals surface area contributed by atoms with E-state index in [1.54, 1.807) is 6.92 Å². The molecule has 0 aromatic heterocycles. The molecule has 16 heavy (non-hydrogen) atoms. The summed E-state index contributed by atoms with van der Waals surface area (Å²) in [6.07, 6.45) is 2.39. The number of piperidine rings is 1. The SMILES string of the molecule is CCOC(=O)C1C2CCC(C2)N1S(N)(=O)=O. The lowest BCUT2D eigenvalue weighted by Gasteiger charge is -2.30. The first-order chi connectivity index (χ1) is 7.45. The number of ether oxygens (including phenoxy) is 1. The molecule has 2 fully saturated rings. The summed E-state index contributed by atoms with van der Waals surface area (Å²) in [6.45, 7) is 1.96. The molecule has 1 saturated heterocycles. The zero-order valence-electron chi connectivity index (χ0n) is 9.13. The van der Waals surface area contributed by atoms with Gasteiger partial charge in [-0.3, -0.25) is 4.79 Å². The molecule has 2 N–H and O–H groups in total. The second-order valence-electron chi connectivity index (χ2n) is 4.30. The molecule has 2 aliphatic rings. The van der Waals surface area contributed by atoms with Gasteiger partial charge in [-0.15, -0.1) is 0 Å². The number of nitrogens with zero attached hydrogens (tertiary/aromatic N) is 1. The van der Waals surface area contributed by atoms with Gasteiger partial charge in [-0.25, -0.2) is 5.14 Å². The molecule has 0 amide bonds. The monoisotopic (exact) mass is 248 g/mol. The van der Waals surface area contributed by atoms with Crippen LogP contribution in [0.1, 0.15) is 26.2 Å². The normalized spacial score (nSPS) is 34.2. The lowest BCUT2D eigenvalue weighted by molar-refractivity contribution is -0.149. The summed E-state index contributed by atoms with van der Waals surface area (Å²) in [5.74, 6) is -0.397. The molecule has 1 aliphatic carbocycles. The maximum atomic E-state index is 11.7. The number of hydrogen-bond donors (Lipinski definition) is 1. The van der Waals surface area contributed by atoms with Crippen LogP contribution in [0.15, 0.2) is 0 Å². The molecule has 1 aliphatic heterocycles. The molecule has 3 atom stereocenters. The Morgan fingerprint density at radius 2 is 2.19 bits per heavy atom.